The fourth-order valence-electron chi connectivity index (χ4n) is 5.03. The van der Waals surface area contributed by atoms with Crippen molar-refractivity contribution in [1.29, 1.82) is 0 Å². The number of aliphatic hydroxyl groups is 1. The third-order valence-corrected chi connectivity index (χ3v) is 6.91. The summed E-state index contributed by atoms with van der Waals surface area (Å²) in [6.45, 7) is 14.7. The molecule has 1 aliphatic rings. The molecule has 32 heavy (non-hydrogen) atoms. The molecule has 1 aromatic carbocycles. The molecule has 0 aliphatic carbocycles. The SMILES string of the molecule is C=CC(C)(CCC=C(C)C)c1ccc2c3c(c[nH]c13)CC(CO)NC(=O)[C@H](C(C)C)N2C. The second kappa shape index (κ2) is 9.53. The molecule has 3 rings (SSSR count). The summed E-state index contributed by atoms with van der Waals surface area (Å²) in [5.41, 5.74) is 5.61. The smallest absolute Gasteiger partial charge is 0.243 e. The number of anilines is 1. The zero-order chi connectivity index (χ0) is 23.6. The van der Waals surface area contributed by atoms with Gasteiger partial charge in [0.1, 0.15) is 6.04 Å². The van der Waals surface area contributed by atoms with E-state index in [1.165, 1.54) is 11.1 Å². The van der Waals surface area contributed by atoms with Crippen LogP contribution in [0.2, 0.25) is 0 Å². The summed E-state index contributed by atoms with van der Waals surface area (Å²) >= 11 is 0. The maximum atomic E-state index is 13.1. The Kier molecular flexibility index (Phi) is 7.19. The minimum absolute atomic E-state index is 0.0365. The molecule has 5 heteroatoms. The fraction of sp³-hybridized carbons (Fsp3) is 0.519. The number of allylic oxidation sites excluding steroid dienone is 3. The number of hydrogen-bond acceptors (Lipinski definition) is 3. The first-order valence-corrected chi connectivity index (χ1v) is 11.7. The minimum atomic E-state index is -0.317. The predicted octanol–water partition coefficient (Wildman–Crippen LogP) is 4.85. The van der Waals surface area contributed by atoms with Gasteiger partial charge in [0.05, 0.1) is 18.2 Å². The summed E-state index contributed by atoms with van der Waals surface area (Å²) in [4.78, 5) is 18.7. The number of likely N-dealkylation sites (N-methyl/N-ethyl adjacent to an activating group) is 1. The van der Waals surface area contributed by atoms with E-state index in [1.807, 2.05) is 13.2 Å². The van der Waals surface area contributed by atoms with Gasteiger partial charge in [0, 0.05) is 29.7 Å². The molecule has 5 nitrogen and oxygen atoms in total. The molecule has 1 aromatic heterocycles. The van der Waals surface area contributed by atoms with Crippen molar-refractivity contribution in [2.24, 2.45) is 5.92 Å². The van der Waals surface area contributed by atoms with E-state index < -0.39 is 0 Å². The third kappa shape index (κ3) is 4.49. The van der Waals surface area contributed by atoms with E-state index in [0.29, 0.717) is 6.42 Å². The van der Waals surface area contributed by atoms with E-state index in [1.54, 1.807) is 0 Å². The van der Waals surface area contributed by atoms with Gasteiger partial charge in [-0.2, -0.15) is 0 Å². The lowest BCUT2D eigenvalue weighted by Gasteiger charge is -2.33. The first-order valence-electron chi connectivity index (χ1n) is 11.7. The zero-order valence-corrected chi connectivity index (χ0v) is 20.5. The van der Waals surface area contributed by atoms with Crippen LogP contribution in [0.15, 0.2) is 42.6 Å². The van der Waals surface area contributed by atoms with Crippen molar-refractivity contribution < 1.29 is 9.90 Å². The summed E-state index contributed by atoms with van der Waals surface area (Å²) in [6, 6.07) is 3.71. The number of H-pyrrole nitrogens is 1. The van der Waals surface area contributed by atoms with Gasteiger partial charge in [-0.25, -0.2) is 0 Å². The molecular weight excluding hydrogens is 398 g/mol. The largest absolute Gasteiger partial charge is 0.394 e. The van der Waals surface area contributed by atoms with Crippen LogP contribution in [0.1, 0.15) is 58.6 Å². The number of aliphatic hydroxyl groups excluding tert-OH is 1. The molecular formula is C27H39N3O2. The highest BCUT2D eigenvalue weighted by Crippen LogP contribution is 2.41. The number of aromatic nitrogens is 1. The lowest BCUT2D eigenvalue weighted by Crippen LogP contribution is -2.52. The van der Waals surface area contributed by atoms with Crippen molar-refractivity contribution in [3.8, 4) is 0 Å². The van der Waals surface area contributed by atoms with Crippen LogP contribution in [0.25, 0.3) is 10.9 Å². The number of aromatic amines is 1. The van der Waals surface area contributed by atoms with Crippen molar-refractivity contribution in [3.05, 3.63) is 53.8 Å². The zero-order valence-electron chi connectivity index (χ0n) is 20.5. The van der Waals surface area contributed by atoms with Crippen LogP contribution >= 0.6 is 0 Å². The van der Waals surface area contributed by atoms with Crippen LogP contribution in [0.3, 0.4) is 0 Å². The Labute approximate surface area is 192 Å². The highest BCUT2D eigenvalue weighted by Gasteiger charge is 2.34. The summed E-state index contributed by atoms with van der Waals surface area (Å²) < 4.78 is 0. The quantitative estimate of drug-likeness (QED) is 0.542. The minimum Gasteiger partial charge on any atom is -0.394 e. The van der Waals surface area contributed by atoms with Crippen molar-refractivity contribution in [2.45, 2.75) is 71.4 Å². The van der Waals surface area contributed by atoms with Gasteiger partial charge in [0.15, 0.2) is 0 Å². The molecule has 2 aromatic rings. The fourth-order valence-corrected chi connectivity index (χ4v) is 5.03. The second-order valence-electron chi connectivity index (χ2n) is 10.0. The van der Waals surface area contributed by atoms with Crippen LogP contribution in [0, 0.1) is 5.92 Å². The molecule has 0 radical (unpaired) electrons. The average Bonchev–Trinajstić information content (AvgIpc) is 3.16. The Balaban J connectivity index is 2.20. The van der Waals surface area contributed by atoms with Gasteiger partial charge >= 0.3 is 0 Å². The monoisotopic (exact) mass is 437 g/mol. The van der Waals surface area contributed by atoms with Gasteiger partial charge in [-0.1, -0.05) is 44.6 Å². The van der Waals surface area contributed by atoms with Gasteiger partial charge in [0.2, 0.25) is 5.91 Å². The Morgan fingerprint density at radius 1 is 1.38 bits per heavy atom. The van der Waals surface area contributed by atoms with Crippen molar-refractivity contribution >= 4 is 22.5 Å². The molecule has 0 saturated carbocycles. The molecule has 0 saturated heterocycles. The molecule has 174 valence electrons. The van der Waals surface area contributed by atoms with Crippen LogP contribution in [-0.4, -0.2) is 41.7 Å². The molecule has 2 unspecified atom stereocenters. The summed E-state index contributed by atoms with van der Waals surface area (Å²) in [5, 5.41) is 14.2. The molecule has 0 bridgehead atoms. The predicted molar refractivity (Wildman–Crippen MR) is 134 cm³/mol. The number of hydrogen-bond donors (Lipinski definition) is 3. The van der Waals surface area contributed by atoms with Gasteiger partial charge in [-0.05, 0) is 56.2 Å². The van der Waals surface area contributed by atoms with E-state index in [4.69, 9.17) is 0 Å². The maximum Gasteiger partial charge on any atom is 0.243 e. The number of carbonyl (C=O) groups is 1. The van der Waals surface area contributed by atoms with E-state index >= 15 is 0 Å². The number of amides is 1. The summed E-state index contributed by atoms with van der Waals surface area (Å²) in [5.74, 6) is 0.0858. The lowest BCUT2D eigenvalue weighted by atomic mass is 9.77. The molecule has 3 N–H and O–H groups in total. The van der Waals surface area contributed by atoms with Gasteiger partial charge in [-0.3, -0.25) is 4.79 Å². The maximum absolute atomic E-state index is 13.1. The third-order valence-electron chi connectivity index (χ3n) is 6.91. The molecule has 1 amide bonds. The first-order chi connectivity index (χ1) is 15.1. The Morgan fingerprint density at radius 2 is 2.09 bits per heavy atom. The van der Waals surface area contributed by atoms with Gasteiger partial charge < -0.3 is 20.3 Å². The molecule has 3 atom stereocenters. The second-order valence-corrected chi connectivity index (χ2v) is 10.0. The molecule has 2 heterocycles. The first kappa shape index (κ1) is 24.1. The van der Waals surface area contributed by atoms with Gasteiger partial charge in [-0.15, -0.1) is 6.58 Å². The van der Waals surface area contributed by atoms with Crippen LogP contribution in [-0.2, 0) is 16.6 Å². The summed E-state index contributed by atoms with van der Waals surface area (Å²) in [7, 11) is 2.00. The number of benzene rings is 1. The van der Waals surface area contributed by atoms with Crippen LogP contribution in [0.4, 0.5) is 5.69 Å². The van der Waals surface area contributed by atoms with Gasteiger partial charge in [0.25, 0.3) is 0 Å². The van der Waals surface area contributed by atoms with Crippen molar-refractivity contribution in [3.63, 3.8) is 0 Å². The van der Waals surface area contributed by atoms with E-state index in [9.17, 15) is 9.90 Å². The number of carbonyl (C=O) groups excluding carboxylic acids is 1. The highest BCUT2D eigenvalue weighted by atomic mass is 16.3. The van der Waals surface area contributed by atoms with E-state index in [2.05, 4.69) is 80.7 Å². The Morgan fingerprint density at radius 3 is 2.69 bits per heavy atom. The highest BCUT2D eigenvalue weighted by molar-refractivity contribution is 6.00. The number of nitrogens with one attached hydrogen (secondary N) is 2. The number of nitrogens with zero attached hydrogens (tertiary/aromatic N) is 1. The Hall–Kier alpha value is -2.53. The molecule has 1 aliphatic heterocycles. The Bertz CT molecular complexity index is 1020. The normalized spacial score (nSPS) is 20.9. The van der Waals surface area contributed by atoms with E-state index in [-0.39, 0.29) is 35.9 Å². The molecule has 0 spiro atoms. The molecule has 0 fully saturated rings. The summed E-state index contributed by atoms with van der Waals surface area (Å²) in [6.07, 6.45) is 8.91. The standard InChI is InChI=1S/C27H39N3O2/c1-8-27(6,13-9-10-17(2)3)21-11-12-22-23-19(15-28-24(21)23)14-20(16-31)29-26(32)25(18(4)5)30(22)7/h8,10-12,15,18,20,25,28,31H,1,9,13-14,16H2,2-7H3,(H,29,32)/t20?,25-,27?/m0/s1. The topological polar surface area (TPSA) is 68.4 Å². The van der Waals surface area contributed by atoms with Crippen molar-refractivity contribution in [2.75, 3.05) is 18.6 Å². The number of rotatable bonds is 7. The van der Waals surface area contributed by atoms with E-state index in [0.717, 1.165) is 35.0 Å². The van der Waals surface area contributed by atoms with Crippen LogP contribution < -0.4 is 10.2 Å². The lowest BCUT2D eigenvalue weighted by molar-refractivity contribution is -0.124. The van der Waals surface area contributed by atoms with Crippen LogP contribution in [0.5, 0.6) is 0 Å². The average molecular weight is 438 g/mol. The van der Waals surface area contributed by atoms with Crippen molar-refractivity contribution in [1.82, 2.24) is 10.3 Å².